The lowest BCUT2D eigenvalue weighted by atomic mass is 10.0. The number of ether oxygens (including phenoxy) is 1. The molecule has 1 aromatic rings. The summed E-state index contributed by atoms with van der Waals surface area (Å²) in [4.78, 5) is 17.5. The van der Waals surface area contributed by atoms with Crippen LogP contribution < -0.4 is 0 Å². The van der Waals surface area contributed by atoms with Crippen LogP contribution in [0.25, 0.3) is 0 Å². The molecule has 0 N–H and O–H groups in total. The van der Waals surface area contributed by atoms with Gasteiger partial charge in [-0.1, -0.05) is 0 Å². The van der Waals surface area contributed by atoms with E-state index in [1.807, 2.05) is 0 Å². The van der Waals surface area contributed by atoms with Crippen molar-refractivity contribution in [1.29, 1.82) is 0 Å². The van der Waals surface area contributed by atoms with Gasteiger partial charge in [0.05, 0.1) is 13.2 Å². The Hall–Kier alpha value is -1.51. The summed E-state index contributed by atoms with van der Waals surface area (Å²) in [5, 5.41) is 0. The van der Waals surface area contributed by atoms with Crippen molar-refractivity contribution in [2.24, 2.45) is 0 Å². The topological polar surface area (TPSA) is 79.8 Å². The van der Waals surface area contributed by atoms with E-state index in [4.69, 9.17) is 4.74 Å². The first-order valence-electron chi connectivity index (χ1n) is 6.53. The molecule has 0 saturated carbocycles. The lowest BCUT2D eigenvalue weighted by Gasteiger charge is -2.39. The number of morpholine rings is 1. The van der Waals surface area contributed by atoms with Crippen LogP contribution in [0.4, 0.5) is 0 Å². The Kier molecular flexibility index (Phi) is 4.31. The molecule has 1 saturated heterocycles. The number of sulfonamides is 1. The van der Waals surface area contributed by atoms with Crippen LogP contribution >= 0.6 is 0 Å². The molecule has 1 aliphatic heterocycles. The molecule has 8 heteroatoms. The molecule has 0 radical (unpaired) electrons. The van der Waals surface area contributed by atoms with Gasteiger partial charge in [0, 0.05) is 33.0 Å². The third-order valence-corrected chi connectivity index (χ3v) is 5.20. The maximum atomic E-state index is 12.6. The summed E-state index contributed by atoms with van der Waals surface area (Å²) in [5.74, 6) is -0.256. The molecule has 1 aromatic heterocycles. The maximum absolute atomic E-state index is 12.6. The minimum Gasteiger partial charge on any atom is -0.363 e. The minimum absolute atomic E-state index is 0.0127. The van der Waals surface area contributed by atoms with Gasteiger partial charge in [-0.3, -0.25) is 9.78 Å². The first kappa shape index (κ1) is 15.9. The minimum atomic E-state index is -3.67. The van der Waals surface area contributed by atoms with Crippen molar-refractivity contribution in [2.75, 3.05) is 33.8 Å². The zero-order valence-electron chi connectivity index (χ0n) is 12.3. The predicted octanol–water partition coefficient (Wildman–Crippen LogP) is -0.0506. The van der Waals surface area contributed by atoms with Gasteiger partial charge in [0.1, 0.15) is 4.90 Å². The summed E-state index contributed by atoms with van der Waals surface area (Å²) in [6, 6.07) is 3.06. The van der Waals surface area contributed by atoms with Crippen molar-refractivity contribution in [1.82, 2.24) is 14.2 Å². The van der Waals surface area contributed by atoms with Gasteiger partial charge < -0.3 is 9.64 Å². The van der Waals surface area contributed by atoms with Gasteiger partial charge in [0.2, 0.25) is 10.0 Å². The largest absolute Gasteiger partial charge is 0.363 e. The fourth-order valence-electron chi connectivity index (χ4n) is 2.29. The van der Waals surface area contributed by atoms with E-state index in [0.29, 0.717) is 0 Å². The highest BCUT2D eigenvalue weighted by molar-refractivity contribution is 7.89. The third-order valence-electron chi connectivity index (χ3n) is 3.37. The van der Waals surface area contributed by atoms with Crippen LogP contribution in [0.1, 0.15) is 6.92 Å². The van der Waals surface area contributed by atoms with E-state index >= 15 is 0 Å². The summed E-state index contributed by atoms with van der Waals surface area (Å²) in [7, 11) is -0.439. The number of carbonyl (C=O) groups is 1. The van der Waals surface area contributed by atoms with E-state index < -0.39 is 15.6 Å². The predicted molar refractivity (Wildman–Crippen MR) is 76.0 cm³/mol. The Morgan fingerprint density at radius 2 is 2.19 bits per heavy atom. The van der Waals surface area contributed by atoms with E-state index in [1.165, 1.54) is 27.7 Å². The summed E-state index contributed by atoms with van der Waals surface area (Å²) in [5.41, 5.74) is -1.17. The number of hydrogen-bond acceptors (Lipinski definition) is 5. The van der Waals surface area contributed by atoms with Crippen molar-refractivity contribution in [3.8, 4) is 0 Å². The summed E-state index contributed by atoms with van der Waals surface area (Å²) in [6.07, 6.45) is 2.81. The molecule has 1 fully saturated rings. The molecular formula is C13H19N3O4S. The molecule has 0 bridgehead atoms. The number of carbonyl (C=O) groups excluding carboxylic acids is 1. The van der Waals surface area contributed by atoms with Crippen molar-refractivity contribution >= 4 is 15.9 Å². The highest BCUT2D eigenvalue weighted by atomic mass is 32.2. The summed E-state index contributed by atoms with van der Waals surface area (Å²) in [6.45, 7) is 1.99. The van der Waals surface area contributed by atoms with Crippen LogP contribution in [0.3, 0.4) is 0 Å². The average molecular weight is 313 g/mol. The Morgan fingerprint density at radius 1 is 1.48 bits per heavy atom. The molecule has 116 valence electrons. The molecule has 1 amide bonds. The fraction of sp³-hybridized carbons (Fsp3) is 0.538. The third kappa shape index (κ3) is 3.07. The molecule has 2 rings (SSSR count). The lowest BCUT2D eigenvalue weighted by molar-refractivity contribution is -0.160. The smallest absolute Gasteiger partial charge is 0.255 e. The van der Waals surface area contributed by atoms with Gasteiger partial charge in [-0.2, -0.15) is 4.31 Å². The number of rotatable bonds is 3. The Balaban J connectivity index is 2.28. The van der Waals surface area contributed by atoms with E-state index in [9.17, 15) is 13.2 Å². The first-order valence-corrected chi connectivity index (χ1v) is 7.97. The van der Waals surface area contributed by atoms with Crippen molar-refractivity contribution < 1.29 is 17.9 Å². The average Bonchev–Trinajstić information content (AvgIpc) is 2.47. The zero-order chi connectivity index (χ0) is 15.7. The molecule has 0 spiro atoms. The molecule has 1 aliphatic rings. The van der Waals surface area contributed by atoms with Crippen molar-refractivity contribution in [2.45, 2.75) is 17.4 Å². The highest BCUT2D eigenvalue weighted by Crippen LogP contribution is 2.24. The normalized spacial score (nSPS) is 23.8. The van der Waals surface area contributed by atoms with Gasteiger partial charge in [-0.05, 0) is 19.1 Å². The standard InChI is InChI=1S/C13H19N3O4S/c1-13(12(17)15(2)3)10-16(7-8-20-13)21(18,19)11-5-4-6-14-9-11/h4-6,9H,7-8,10H2,1-3H3. The molecule has 1 atom stereocenters. The van der Waals surface area contributed by atoms with Gasteiger partial charge in [-0.25, -0.2) is 8.42 Å². The SMILES string of the molecule is CN(C)C(=O)C1(C)CN(S(=O)(=O)c2cccnc2)CCO1. The van der Waals surface area contributed by atoms with Crippen LogP contribution in [0.5, 0.6) is 0 Å². The molecule has 0 aliphatic carbocycles. The van der Waals surface area contributed by atoms with E-state index in [1.54, 1.807) is 27.1 Å². The number of nitrogens with zero attached hydrogens (tertiary/aromatic N) is 3. The van der Waals surface area contributed by atoms with Crippen molar-refractivity contribution in [3.05, 3.63) is 24.5 Å². The van der Waals surface area contributed by atoms with Crippen LogP contribution in [-0.4, -0.2) is 67.9 Å². The molecule has 1 unspecified atom stereocenters. The second-order valence-corrected chi connectivity index (χ2v) is 7.24. The highest BCUT2D eigenvalue weighted by Gasteiger charge is 2.43. The summed E-state index contributed by atoms with van der Waals surface area (Å²) >= 11 is 0. The molecular weight excluding hydrogens is 294 g/mol. The Morgan fingerprint density at radius 3 is 2.76 bits per heavy atom. The van der Waals surface area contributed by atoms with E-state index in [0.717, 1.165) is 0 Å². The number of amides is 1. The van der Waals surface area contributed by atoms with Crippen LogP contribution in [0.2, 0.25) is 0 Å². The molecule has 7 nitrogen and oxygen atoms in total. The van der Waals surface area contributed by atoms with E-state index in [-0.39, 0.29) is 30.5 Å². The Bertz CT molecular complexity index is 618. The second-order valence-electron chi connectivity index (χ2n) is 5.31. The van der Waals surface area contributed by atoms with Crippen LogP contribution in [0.15, 0.2) is 29.4 Å². The molecule has 0 aromatic carbocycles. The van der Waals surface area contributed by atoms with Gasteiger partial charge in [0.25, 0.3) is 5.91 Å². The zero-order valence-corrected chi connectivity index (χ0v) is 13.1. The van der Waals surface area contributed by atoms with Crippen LogP contribution in [0, 0.1) is 0 Å². The van der Waals surface area contributed by atoms with Crippen molar-refractivity contribution in [3.63, 3.8) is 0 Å². The second kappa shape index (κ2) is 5.70. The van der Waals surface area contributed by atoms with Gasteiger partial charge >= 0.3 is 0 Å². The monoisotopic (exact) mass is 313 g/mol. The lowest BCUT2D eigenvalue weighted by Crippen LogP contribution is -2.58. The molecule has 21 heavy (non-hydrogen) atoms. The fourth-order valence-corrected chi connectivity index (χ4v) is 3.76. The number of aromatic nitrogens is 1. The maximum Gasteiger partial charge on any atom is 0.255 e. The quantitative estimate of drug-likeness (QED) is 0.781. The number of likely N-dealkylation sites (N-methyl/N-ethyl adjacent to an activating group) is 1. The molecule has 2 heterocycles. The number of hydrogen-bond donors (Lipinski definition) is 0. The van der Waals surface area contributed by atoms with Gasteiger partial charge in [-0.15, -0.1) is 0 Å². The van der Waals surface area contributed by atoms with E-state index in [2.05, 4.69) is 4.98 Å². The first-order chi connectivity index (χ1) is 9.77. The summed E-state index contributed by atoms with van der Waals surface area (Å²) < 4.78 is 32.0. The van der Waals surface area contributed by atoms with Crippen LogP contribution in [-0.2, 0) is 19.6 Å². The van der Waals surface area contributed by atoms with Gasteiger partial charge in [0.15, 0.2) is 5.60 Å². The Labute approximate surface area is 124 Å². The number of pyridine rings is 1.